The van der Waals surface area contributed by atoms with Crippen LogP contribution in [0.2, 0.25) is 0 Å². The molecule has 0 aromatic carbocycles. The summed E-state index contributed by atoms with van der Waals surface area (Å²) < 4.78 is 16.9. The average Bonchev–Trinajstić information content (AvgIpc) is 3.46. The highest BCUT2D eigenvalue weighted by Crippen LogP contribution is 2.15. The van der Waals surface area contributed by atoms with Crippen LogP contribution in [0.25, 0.3) is 0 Å². The van der Waals surface area contributed by atoms with Crippen LogP contribution in [0.15, 0.2) is 134 Å². The molecule has 0 saturated heterocycles. The lowest BCUT2D eigenvalue weighted by molar-refractivity contribution is -0.167. The van der Waals surface area contributed by atoms with Gasteiger partial charge in [-0.15, -0.1) is 0 Å². The van der Waals surface area contributed by atoms with Gasteiger partial charge < -0.3 is 14.2 Å². The van der Waals surface area contributed by atoms with Crippen molar-refractivity contribution in [1.82, 2.24) is 0 Å². The number of esters is 3. The van der Waals surface area contributed by atoms with Gasteiger partial charge in [0.2, 0.25) is 0 Å². The van der Waals surface area contributed by atoms with Crippen LogP contribution in [0.1, 0.15) is 297 Å². The van der Waals surface area contributed by atoms with E-state index in [0.717, 1.165) is 116 Å². The summed E-state index contributed by atoms with van der Waals surface area (Å²) in [6.45, 7) is 6.47. The van der Waals surface area contributed by atoms with Crippen molar-refractivity contribution < 1.29 is 28.6 Å². The number of allylic oxidation sites excluding steroid dienone is 22. The first-order valence-corrected chi connectivity index (χ1v) is 33.2. The van der Waals surface area contributed by atoms with E-state index in [1.165, 1.54) is 135 Å². The average molecular weight is 1110 g/mol. The van der Waals surface area contributed by atoms with Crippen LogP contribution in [0.5, 0.6) is 0 Å². The van der Waals surface area contributed by atoms with Gasteiger partial charge in [-0.05, 0) is 135 Å². The molecule has 80 heavy (non-hydrogen) atoms. The van der Waals surface area contributed by atoms with Crippen molar-refractivity contribution in [3.05, 3.63) is 134 Å². The molecule has 1 unspecified atom stereocenters. The number of ether oxygens (including phenoxy) is 3. The van der Waals surface area contributed by atoms with Crippen molar-refractivity contribution in [3.63, 3.8) is 0 Å². The maximum atomic E-state index is 12.9. The molecule has 0 amide bonds. The molecule has 0 bridgehead atoms. The van der Waals surface area contributed by atoms with E-state index in [2.05, 4.69) is 154 Å². The maximum Gasteiger partial charge on any atom is 0.306 e. The smallest absolute Gasteiger partial charge is 0.306 e. The molecule has 0 spiro atoms. The van der Waals surface area contributed by atoms with Crippen molar-refractivity contribution in [2.75, 3.05) is 13.2 Å². The van der Waals surface area contributed by atoms with E-state index in [1.54, 1.807) is 0 Å². The first kappa shape index (κ1) is 75.5. The van der Waals surface area contributed by atoms with Gasteiger partial charge in [0.25, 0.3) is 0 Å². The number of hydrogen-bond acceptors (Lipinski definition) is 6. The van der Waals surface area contributed by atoms with Crippen molar-refractivity contribution in [1.29, 1.82) is 0 Å². The number of carbonyl (C=O) groups is 3. The third-order valence-electron chi connectivity index (χ3n) is 13.9. The summed E-state index contributed by atoms with van der Waals surface area (Å²) in [5.41, 5.74) is 0. The topological polar surface area (TPSA) is 78.9 Å². The fraction of sp³-hybridized carbons (Fsp3) is 0.662. The lowest BCUT2D eigenvalue weighted by atomic mass is 10.1. The molecule has 1 atom stereocenters. The molecule has 6 nitrogen and oxygen atoms in total. The van der Waals surface area contributed by atoms with E-state index in [0.29, 0.717) is 19.3 Å². The van der Waals surface area contributed by atoms with Crippen molar-refractivity contribution in [2.24, 2.45) is 0 Å². The molecule has 0 aliphatic heterocycles. The van der Waals surface area contributed by atoms with Gasteiger partial charge >= 0.3 is 17.9 Å². The van der Waals surface area contributed by atoms with Gasteiger partial charge in [-0.25, -0.2) is 0 Å². The Hall–Kier alpha value is -4.45. The molecular weight excluding hydrogens is 985 g/mol. The van der Waals surface area contributed by atoms with Crippen LogP contribution in [0, 0.1) is 0 Å². The van der Waals surface area contributed by atoms with Gasteiger partial charge in [0.15, 0.2) is 6.10 Å². The third-order valence-corrected chi connectivity index (χ3v) is 13.9. The summed E-state index contributed by atoms with van der Waals surface area (Å²) in [7, 11) is 0. The van der Waals surface area contributed by atoms with Gasteiger partial charge in [-0.3, -0.25) is 14.4 Å². The molecule has 0 radical (unpaired) electrons. The van der Waals surface area contributed by atoms with E-state index in [1.807, 2.05) is 0 Å². The molecule has 0 rings (SSSR count). The summed E-state index contributed by atoms with van der Waals surface area (Å²) in [5, 5.41) is 0. The predicted octanol–water partition coefficient (Wildman–Crippen LogP) is 22.9. The zero-order valence-corrected chi connectivity index (χ0v) is 52.0. The van der Waals surface area contributed by atoms with Crippen molar-refractivity contribution in [2.45, 2.75) is 303 Å². The van der Waals surface area contributed by atoms with Gasteiger partial charge in [0, 0.05) is 19.3 Å². The van der Waals surface area contributed by atoms with Gasteiger partial charge in [-0.2, -0.15) is 0 Å². The molecule has 6 heteroatoms. The predicted molar refractivity (Wildman–Crippen MR) is 348 cm³/mol. The van der Waals surface area contributed by atoms with Crippen LogP contribution >= 0.6 is 0 Å². The zero-order valence-electron chi connectivity index (χ0n) is 52.0. The van der Waals surface area contributed by atoms with E-state index < -0.39 is 6.10 Å². The molecule has 0 aliphatic rings. The first-order valence-electron chi connectivity index (χ1n) is 33.2. The molecule has 0 N–H and O–H groups in total. The molecule has 0 saturated carbocycles. The van der Waals surface area contributed by atoms with Gasteiger partial charge in [-0.1, -0.05) is 276 Å². The Morgan fingerprint density at radius 3 is 0.825 bits per heavy atom. The van der Waals surface area contributed by atoms with Crippen molar-refractivity contribution in [3.8, 4) is 0 Å². The Morgan fingerprint density at radius 1 is 0.263 bits per heavy atom. The minimum absolute atomic E-state index is 0.107. The van der Waals surface area contributed by atoms with Crippen LogP contribution in [0.4, 0.5) is 0 Å². The van der Waals surface area contributed by atoms with E-state index in [-0.39, 0.29) is 37.5 Å². The lowest BCUT2D eigenvalue weighted by Crippen LogP contribution is -2.30. The second-order valence-corrected chi connectivity index (χ2v) is 21.6. The monoisotopic (exact) mass is 1110 g/mol. The molecule has 0 aliphatic carbocycles. The highest BCUT2D eigenvalue weighted by atomic mass is 16.6. The molecule has 0 fully saturated rings. The van der Waals surface area contributed by atoms with Gasteiger partial charge in [0.05, 0.1) is 0 Å². The minimum Gasteiger partial charge on any atom is -0.462 e. The van der Waals surface area contributed by atoms with E-state index in [9.17, 15) is 14.4 Å². The largest absolute Gasteiger partial charge is 0.462 e. The van der Waals surface area contributed by atoms with Crippen molar-refractivity contribution >= 4 is 17.9 Å². The first-order chi connectivity index (χ1) is 39.5. The summed E-state index contributed by atoms with van der Waals surface area (Å²) in [6, 6.07) is 0. The number of hydrogen-bond donors (Lipinski definition) is 0. The summed E-state index contributed by atoms with van der Waals surface area (Å²) in [4.78, 5) is 38.4. The Labute approximate surface area is 494 Å². The fourth-order valence-corrected chi connectivity index (χ4v) is 8.90. The fourth-order valence-electron chi connectivity index (χ4n) is 8.90. The quantitative estimate of drug-likeness (QED) is 0.0261. The summed E-state index contributed by atoms with van der Waals surface area (Å²) in [5.74, 6) is -0.982. The van der Waals surface area contributed by atoms with Crippen LogP contribution in [-0.4, -0.2) is 37.2 Å². The van der Waals surface area contributed by atoms with Crippen LogP contribution in [0.3, 0.4) is 0 Å². The molecule has 0 heterocycles. The Balaban J connectivity index is 4.53. The normalized spacial score (nSPS) is 13.0. The highest BCUT2D eigenvalue weighted by Gasteiger charge is 2.19. The summed E-state index contributed by atoms with van der Waals surface area (Å²) >= 11 is 0. The Kier molecular flexibility index (Phi) is 63.3. The van der Waals surface area contributed by atoms with Crippen LogP contribution < -0.4 is 0 Å². The number of rotatable bonds is 59. The molecule has 454 valence electrons. The Bertz CT molecular complexity index is 1700. The second kappa shape index (κ2) is 67.1. The van der Waals surface area contributed by atoms with Crippen LogP contribution in [-0.2, 0) is 28.6 Å². The Morgan fingerprint density at radius 2 is 0.500 bits per heavy atom. The second-order valence-electron chi connectivity index (χ2n) is 21.6. The standard InChI is InChI=1S/C74H122O6/c1-4-7-10-13-16-19-22-25-28-31-34-36-37-39-40-43-46-49-52-55-58-61-64-67-73(76)79-70-71(69-78-72(75)66-63-60-57-54-51-48-45-42-33-30-27-24-21-18-15-12-9-6-3)80-74(77)68-65-62-59-56-53-50-47-44-41-38-35-32-29-26-23-20-17-14-11-8-5-2/h7,10,16,19,23,25-26,28,30,32-36,39-41,44,46,49,55,58,71H,4-6,8-9,11-15,17-18,20-22,24,27,29,31,37-38,42-43,45,47-48,50-54,56-57,59-70H2,1-3H3/b10-7-,19-16-,26-23-,28-25-,33-30-,35-32-,36-34-,40-39-,44-41-,49-46-,58-55-. The molecular formula is C74H122O6. The number of unbranched alkanes of at least 4 members (excludes halogenated alkanes) is 26. The summed E-state index contributed by atoms with van der Waals surface area (Å²) in [6.07, 6.45) is 94.6. The van der Waals surface area contributed by atoms with E-state index >= 15 is 0 Å². The minimum atomic E-state index is -0.817. The maximum absolute atomic E-state index is 12.9. The lowest BCUT2D eigenvalue weighted by Gasteiger charge is -2.18. The van der Waals surface area contributed by atoms with E-state index in [4.69, 9.17) is 14.2 Å². The molecule has 0 aromatic heterocycles. The zero-order chi connectivity index (χ0) is 57.8. The van der Waals surface area contributed by atoms with Gasteiger partial charge in [0.1, 0.15) is 13.2 Å². The number of carbonyl (C=O) groups excluding carboxylic acids is 3. The third kappa shape index (κ3) is 64.4. The SMILES string of the molecule is CC/C=C\C/C=C\C/C=C\C/C=C\C/C=C\C/C=C\C/C=C\CCCC(=O)OCC(COC(=O)CCCCCCCCC/C=C\CCCCCCCCC)OC(=O)CCCCCCCC/C=C\C/C=C\C/C=C\CCCCCCC. The molecule has 0 aromatic rings. The highest BCUT2D eigenvalue weighted by molar-refractivity contribution is 5.71.